The molecule has 0 aliphatic carbocycles. The van der Waals surface area contributed by atoms with Gasteiger partial charge in [-0.15, -0.1) is 0 Å². The zero-order valence-corrected chi connectivity index (χ0v) is 8.90. The second kappa shape index (κ2) is 3.17. The number of hydrogen-bond donors (Lipinski definition) is 0. The maximum atomic E-state index is 5.76. The first kappa shape index (κ1) is 9.09. The van der Waals surface area contributed by atoms with Gasteiger partial charge in [-0.2, -0.15) is 0 Å². The molecule has 3 rings (SSSR count). The fourth-order valence-electron chi connectivity index (χ4n) is 1.83. The van der Waals surface area contributed by atoms with E-state index in [0.29, 0.717) is 0 Å². The van der Waals surface area contributed by atoms with Crippen molar-refractivity contribution in [2.45, 2.75) is 6.92 Å². The lowest BCUT2D eigenvalue weighted by Gasteiger charge is -1.97. The third-order valence-corrected chi connectivity index (χ3v) is 2.56. The van der Waals surface area contributed by atoms with Crippen molar-refractivity contribution in [1.82, 2.24) is 9.97 Å². The lowest BCUT2D eigenvalue weighted by molar-refractivity contribution is 0.664. The van der Waals surface area contributed by atoms with E-state index in [-0.39, 0.29) is 0 Å². The summed E-state index contributed by atoms with van der Waals surface area (Å²) < 4.78 is 5.76. The molecular formula is C13H10N2O. The highest BCUT2D eigenvalue weighted by Crippen LogP contribution is 2.29. The largest absolute Gasteiger partial charge is 0.452 e. The zero-order valence-electron chi connectivity index (χ0n) is 8.90. The molecule has 2 aromatic heterocycles. The minimum absolute atomic E-state index is 0.719. The molecule has 0 spiro atoms. The maximum absolute atomic E-state index is 5.76. The van der Waals surface area contributed by atoms with Crippen LogP contribution in [0.25, 0.3) is 27.6 Å². The highest BCUT2D eigenvalue weighted by molar-refractivity contribution is 6.04. The molecule has 0 atom stereocenters. The van der Waals surface area contributed by atoms with E-state index in [4.69, 9.17) is 4.42 Å². The van der Waals surface area contributed by atoms with Gasteiger partial charge in [0.05, 0.1) is 0 Å². The fraction of sp³-hybridized carbons (Fsp3) is 0.0769. The van der Waals surface area contributed by atoms with Crippen molar-refractivity contribution in [2.24, 2.45) is 0 Å². The van der Waals surface area contributed by atoms with Gasteiger partial charge in [-0.25, -0.2) is 9.97 Å². The van der Waals surface area contributed by atoms with Crippen LogP contribution in [0.5, 0.6) is 0 Å². The predicted octanol–water partition coefficient (Wildman–Crippen LogP) is 3.41. The van der Waals surface area contributed by atoms with E-state index in [2.05, 4.69) is 16.5 Å². The van der Waals surface area contributed by atoms with E-state index in [9.17, 15) is 0 Å². The standard InChI is InChI=1S/C13H10N2O/c1-8(2)11-13-12(15-7-14-11)9-5-3-4-6-10(9)16-13/h3-7H,1H2,2H3. The van der Waals surface area contributed by atoms with Crippen LogP contribution in [0.1, 0.15) is 12.6 Å². The van der Waals surface area contributed by atoms with Gasteiger partial charge in [0.25, 0.3) is 0 Å². The van der Waals surface area contributed by atoms with E-state index < -0.39 is 0 Å². The highest BCUT2D eigenvalue weighted by atomic mass is 16.3. The van der Waals surface area contributed by atoms with Crippen LogP contribution in [0.2, 0.25) is 0 Å². The third-order valence-electron chi connectivity index (χ3n) is 2.56. The summed E-state index contributed by atoms with van der Waals surface area (Å²) in [7, 11) is 0. The van der Waals surface area contributed by atoms with Gasteiger partial charge in [-0.05, 0) is 24.6 Å². The topological polar surface area (TPSA) is 38.9 Å². The number of benzene rings is 1. The lowest BCUT2D eigenvalue weighted by atomic mass is 10.2. The predicted molar refractivity (Wildman–Crippen MR) is 64.0 cm³/mol. The van der Waals surface area contributed by atoms with Crippen molar-refractivity contribution >= 4 is 27.6 Å². The van der Waals surface area contributed by atoms with E-state index in [1.807, 2.05) is 31.2 Å². The SMILES string of the molecule is C=C(C)c1ncnc2c1oc1ccccc12. The monoisotopic (exact) mass is 210 g/mol. The van der Waals surface area contributed by atoms with Crippen LogP contribution < -0.4 is 0 Å². The first-order chi connectivity index (χ1) is 7.77. The molecule has 0 fully saturated rings. The van der Waals surface area contributed by atoms with Crippen LogP contribution in [-0.4, -0.2) is 9.97 Å². The molecule has 2 heterocycles. The Kier molecular flexibility index (Phi) is 1.80. The van der Waals surface area contributed by atoms with Crippen LogP contribution in [0.15, 0.2) is 41.6 Å². The number of para-hydroxylation sites is 1. The van der Waals surface area contributed by atoms with Gasteiger partial charge < -0.3 is 4.42 Å². The highest BCUT2D eigenvalue weighted by Gasteiger charge is 2.12. The summed E-state index contributed by atoms with van der Waals surface area (Å²) in [5.74, 6) is 0. The molecular weight excluding hydrogens is 200 g/mol. The molecule has 3 nitrogen and oxygen atoms in total. The van der Waals surface area contributed by atoms with E-state index in [1.165, 1.54) is 0 Å². The molecule has 0 radical (unpaired) electrons. The molecule has 1 aromatic carbocycles. The molecule has 0 unspecified atom stereocenters. The average Bonchev–Trinajstić information content (AvgIpc) is 2.67. The van der Waals surface area contributed by atoms with Gasteiger partial charge in [-0.3, -0.25) is 0 Å². The summed E-state index contributed by atoms with van der Waals surface area (Å²) in [5, 5.41) is 1.02. The maximum Gasteiger partial charge on any atom is 0.179 e. The van der Waals surface area contributed by atoms with Gasteiger partial charge >= 0.3 is 0 Å². The quantitative estimate of drug-likeness (QED) is 0.617. The fourth-order valence-corrected chi connectivity index (χ4v) is 1.83. The van der Waals surface area contributed by atoms with Crippen molar-refractivity contribution in [1.29, 1.82) is 0 Å². The summed E-state index contributed by atoms with van der Waals surface area (Å²) in [6.45, 7) is 5.81. The molecule has 78 valence electrons. The average molecular weight is 210 g/mol. The number of fused-ring (bicyclic) bond motifs is 3. The summed E-state index contributed by atoms with van der Waals surface area (Å²) in [5.41, 5.74) is 4.06. The van der Waals surface area contributed by atoms with Crippen molar-refractivity contribution in [3.63, 3.8) is 0 Å². The molecule has 0 amide bonds. The molecule has 0 bridgehead atoms. The first-order valence-electron chi connectivity index (χ1n) is 5.05. The number of rotatable bonds is 1. The Bertz CT molecular complexity index is 697. The number of allylic oxidation sites excluding steroid dienone is 1. The van der Waals surface area contributed by atoms with Crippen molar-refractivity contribution in [3.05, 3.63) is 42.9 Å². The Labute approximate surface area is 92.4 Å². The van der Waals surface area contributed by atoms with Gasteiger partial charge in [-0.1, -0.05) is 18.7 Å². The Morgan fingerprint density at radius 2 is 2.06 bits per heavy atom. The molecule has 3 aromatic rings. The van der Waals surface area contributed by atoms with E-state index >= 15 is 0 Å². The number of nitrogens with zero attached hydrogens (tertiary/aromatic N) is 2. The van der Waals surface area contributed by atoms with Crippen LogP contribution in [0.4, 0.5) is 0 Å². The van der Waals surface area contributed by atoms with Crippen molar-refractivity contribution in [3.8, 4) is 0 Å². The van der Waals surface area contributed by atoms with Gasteiger partial charge in [0.1, 0.15) is 23.1 Å². The van der Waals surface area contributed by atoms with Crippen LogP contribution in [0.3, 0.4) is 0 Å². The van der Waals surface area contributed by atoms with Gasteiger partial charge in [0, 0.05) is 5.39 Å². The Morgan fingerprint density at radius 3 is 2.88 bits per heavy atom. The number of hydrogen-bond acceptors (Lipinski definition) is 3. The lowest BCUT2D eigenvalue weighted by Crippen LogP contribution is -1.87. The summed E-state index contributed by atoms with van der Waals surface area (Å²) in [6, 6.07) is 7.84. The van der Waals surface area contributed by atoms with Crippen molar-refractivity contribution in [2.75, 3.05) is 0 Å². The number of furan rings is 1. The summed E-state index contributed by atoms with van der Waals surface area (Å²) in [6.07, 6.45) is 1.55. The van der Waals surface area contributed by atoms with Crippen LogP contribution in [-0.2, 0) is 0 Å². The Morgan fingerprint density at radius 1 is 1.25 bits per heavy atom. The first-order valence-corrected chi connectivity index (χ1v) is 5.05. The molecule has 0 aliphatic rings. The van der Waals surface area contributed by atoms with Crippen LogP contribution >= 0.6 is 0 Å². The van der Waals surface area contributed by atoms with E-state index in [0.717, 1.165) is 33.3 Å². The number of aromatic nitrogens is 2. The molecule has 0 aliphatic heterocycles. The molecule has 16 heavy (non-hydrogen) atoms. The molecule has 0 saturated heterocycles. The third kappa shape index (κ3) is 1.15. The minimum Gasteiger partial charge on any atom is -0.452 e. The van der Waals surface area contributed by atoms with Crippen molar-refractivity contribution < 1.29 is 4.42 Å². The summed E-state index contributed by atoms with van der Waals surface area (Å²) >= 11 is 0. The van der Waals surface area contributed by atoms with Gasteiger partial charge in [0.2, 0.25) is 0 Å². The second-order valence-corrected chi connectivity index (χ2v) is 3.78. The molecule has 0 saturated carbocycles. The van der Waals surface area contributed by atoms with E-state index in [1.54, 1.807) is 6.33 Å². The zero-order chi connectivity index (χ0) is 11.1. The Hall–Kier alpha value is -2.16. The van der Waals surface area contributed by atoms with Crippen LogP contribution in [0, 0.1) is 0 Å². The molecule has 3 heteroatoms. The second-order valence-electron chi connectivity index (χ2n) is 3.78. The van der Waals surface area contributed by atoms with Gasteiger partial charge in [0.15, 0.2) is 5.58 Å². The smallest absolute Gasteiger partial charge is 0.179 e. The normalized spacial score (nSPS) is 11.1. The molecule has 0 N–H and O–H groups in total. The summed E-state index contributed by atoms with van der Waals surface area (Å²) in [4.78, 5) is 8.46. The Balaban J connectivity index is 2.54. The minimum atomic E-state index is 0.719.